The van der Waals surface area contributed by atoms with Crippen LogP contribution in [0.25, 0.3) is 11.5 Å². The maximum absolute atomic E-state index is 12.1. The minimum atomic E-state index is -0.626. The Hall–Kier alpha value is -2.67. The Bertz CT molecular complexity index is 838. The van der Waals surface area contributed by atoms with E-state index in [0.717, 1.165) is 16.9 Å². The Labute approximate surface area is 143 Å². The molecule has 0 amide bonds. The van der Waals surface area contributed by atoms with E-state index in [4.69, 9.17) is 13.9 Å². The quantitative estimate of drug-likeness (QED) is 0.651. The van der Waals surface area contributed by atoms with E-state index in [1.807, 2.05) is 42.6 Å². The minimum Gasteiger partial charge on any atom is -0.497 e. The van der Waals surface area contributed by atoms with Gasteiger partial charge in [-0.25, -0.2) is 4.79 Å². The molecule has 0 saturated heterocycles. The summed E-state index contributed by atoms with van der Waals surface area (Å²) in [5, 5.41) is 9.83. The molecule has 0 aliphatic carbocycles. The van der Waals surface area contributed by atoms with E-state index >= 15 is 0 Å². The largest absolute Gasteiger partial charge is 0.497 e. The van der Waals surface area contributed by atoms with Gasteiger partial charge in [0.05, 0.1) is 7.11 Å². The molecule has 0 saturated carbocycles. The van der Waals surface area contributed by atoms with Crippen LogP contribution in [-0.4, -0.2) is 23.3 Å². The Morgan fingerprint density at radius 1 is 1.21 bits per heavy atom. The molecule has 7 heteroatoms. The van der Waals surface area contributed by atoms with Crippen molar-refractivity contribution in [3.8, 4) is 17.2 Å². The first-order chi connectivity index (χ1) is 11.6. The van der Waals surface area contributed by atoms with Crippen molar-refractivity contribution in [2.45, 2.75) is 20.0 Å². The predicted octanol–water partition coefficient (Wildman–Crippen LogP) is 4.03. The van der Waals surface area contributed by atoms with E-state index in [0.29, 0.717) is 10.8 Å². The number of thiophene rings is 1. The summed E-state index contributed by atoms with van der Waals surface area (Å²) in [4.78, 5) is 12.7. The van der Waals surface area contributed by atoms with Gasteiger partial charge in [-0.15, -0.1) is 21.5 Å². The number of nitrogens with zero attached hydrogens (tertiary/aromatic N) is 2. The normalized spacial score (nSPS) is 12.0. The average molecular weight is 344 g/mol. The standard InChI is InChI=1S/C17H16N2O4S/c1-10-8-9-24-14(10)17(20)22-11(2)15-18-19-16(23-15)12-4-6-13(21-3)7-5-12/h4-9,11H,1-3H3/t11-/m0/s1. The second-order valence-corrected chi connectivity index (χ2v) is 6.07. The number of hydrogen-bond donors (Lipinski definition) is 0. The lowest BCUT2D eigenvalue weighted by Gasteiger charge is -2.08. The van der Waals surface area contributed by atoms with Gasteiger partial charge in [0.2, 0.25) is 5.89 Å². The van der Waals surface area contributed by atoms with Gasteiger partial charge in [-0.2, -0.15) is 0 Å². The van der Waals surface area contributed by atoms with Crippen molar-refractivity contribution in [1.82, 2.24) is 10.2 Å². The van der Waals surface area contributed by atoms with E-state index < -0.39 is 6.10 Å². The van der Waals surface area contributed by atoms with Crippen LogP contribution in [0.3, 0.4) is 0 Å². The van der Waals surface area contributed by atoms with Crippen LogP contribution in [0.2, 0.25) is 0 Å². The van der Waals surface area contributed by atoms with Gasteiger partial charge >= 0.3 is 5.97 Å². The summed E-state index contributed by atoms with van der Waals surface area (Å²) < 4.78 is 16.1. The number of carbonyl (C=O) groups is 1. The molecule has 0 aliphatic rings. The van der Waals surface area contributed by atoms with Crippen molar-refractivity contribution in [3.05, 3.63) is 52.0 Å². The van der Waals surface area contributed by atoms with Crippen LogP contribution in [0.5, 0.6) is 5.75 Å². The summed E-state index contributed by atoms with van der Waals surface area (Å²) in [7, 11) is 1.60. The number of benzene rings is 1. The zero-order chi connectivity index (χ0) is 17.1. The number of aryl methyl sites for hydroxylation is 1. The summed E-state index contributed by atoms with van der Waals surface area (Å²) >= 11 is 1.35. The fourth-order valence-electron chi connectivity index (χ4n) is 2.10. The molecule has 0 unspecified atom stereocenters. The number of aromatic nitrogens is 2. The van der Waals surface area contributed by atoms with Gasteiger partial charge in [-0.1, -0.05) is 0 Å². The van der Waals surface area contributed by atoms with Crippen molar-refractivity contribution in [1.29, 1.82) is 0 Å². The molecule has 1 aromatic carbocycles. The minimum absolute atomic E-state index is 0.253. The Balaban J connectivity index is 1.72. The van der Waals surface area contributed by atoms with Crippen LogP contribution < -0.4 is 4.74 Å². The number of hydrogen-bond acceptors (Lipinski definition) is 7. The first kappa shape index (κ1) is 16.2. The summed E-state index contributed by atoms with van der Waals surface area (Å²) in [6, 6.07) is 9.13. The zero-order valence-electron chi connectivity index (χ0n) is 13.5. The molecule has 0 aliphatic heterocycles. The third-order valence-electron chi connectivity index (χ3n) is 3.46. The lowest BCUT2D eigenvalue weighted by Crippen LogP contribution is -2.09. The highest BCUT2D eigenvalue weighted by molar-refractivity contribution is 7.12. The molecule has 3 aromatic rings. The third-order valence-corrected chi connectivity index (χ3v) is 4.45. The first-order valence-electron chi connectivity index (χ1n) is 7.31. The average Bonchev–Trinajstić information content (AvgIpc) is 3.24. The second-order valence-electron chi connectivity index (χ2n) is 5.15. The number of esters is 1. The van der Waals surface area contributed by atoms with Crippen LogP contribution in [0.15, 0.2) is 40.1 Å². The van der Waals surface area contributed by atoms with Gasteiger partial charge in [-0.05, 0) is 55.1 Å². The molecule has 0 fully saturated rings. The van der Waals surface area contributed by atoms with Gasteiger partial charge in [-0.3, -0.25) is 0 Å². The van der Waals surface area contributed by atoms with E-state index in [9.17, 15) is 4.79 Å². The summed E-state index contributed by atoms with van der Waals surface area (Å²) in [6.07, 6.45) is -0.626. The van der Waals surface area contributed by atoms with Crippen molar-refractivity contribution in [2.24, 2.45) is 0 Å². The number of ether oxygens (including phenoxy) is 2. The van der Waals surface area contributed by atoms with Gasteiger partial charge in [0.1, 0.15) is 10.6 Å². The molecule has 124 valence electrons. The first-order valence-corrected chi connectivity index (χ1v) is 8.19. The fraction of sp³-hybridized carbons (Fsp3) is 0.235. The molecule has 0 radical (unpaired) electrons. The fourth-order valence-corrected chi connectivity index (χ4v) is 2.90. The molecule has 0 spiro atoms. The highest BCUT2D eigenvalue weighted by atomic mass is 32.1. The van der Waals surface area contributed by atoms with E-state index in [1.54, 1.807) is 14.0 Å². The summed E-state index contributed by atoms with van der Waals surface area (Å²) in [6.45, 7) is 3.57. The van der Waals surface area contributed by atoms with E-state index in [2.05, 4.69) is 10.2 Å². The van der Waals surface area contributed by atoms with Crippen molar-refractivity contribution in [3.63, 3.8) is 0 Å². The summed E-state index contributed by atoms with van der Waals surface area (Å²) in [5.74, 6) is 0.970. The Kier molecular flexibility index (Phi) is 4.61. The molecule has 6 nitrogen and oxygen atoms in total. The van der Waals surface area contributed by atoms with E-state index in [1.165, 1.54) is 11.3 Å². The molecule has 0 bridgehead atoms. The van der Waals surface area contributed by atoms with Gasteiger partial charge in [0.15, 0.2) is 6.10 Å². The monoisotopic (exact) mass is 344 g/mol. The Morgan fingerprint density at radius 3 is 2.58 bits per heavy atom. The molecule has 0 N–H and O–H groups in total. The topological polar surface area (TPSA) is 74.5 Å². The van der Waals surface area contributed by atoms with Gasteiger partial charge < -0.3 is 13.9 Å². The van der Waals surface area contributed by atoms with Crippen molar-refractivity contribution < 1.29 is 18.7 Å². The molecule has 3 rings (SSSR count). The molecule has 24 heavy (non-hydrogen) atoms. The molecule has 1 atom stereocenters. The van der Waals surface area contributed by atoms with Crippen LogP contribution >= 0.6 is 11.3 Å². The highest BCUT2D eigenvalue weighted by Crippen LogP contribution is 2.26. The SMILES string of the molecule is COc1ccc(-c2nnc([C@H](C)OC(=O)c3sccc3C)o2)cc1. The number of methoxy groups -OCH3 is 1. The highest BCUT2D eigenvalue weighted by Gasteiger charge is 2.21. The lowest BCUT2D eigenvalue weighted by molar-refractivity contribution is 0.0285. The molecular weight excluding hydrogens is 328 g/mol. The maximum atomic E-state index is 12.1. The van der Waals surface area contributed by atoms with Crippen LogP contribution in [-0.2, 0) is 4.74 Å². The maximum Gasteiger partial charge on any atom is 0.349 e. The lowest BCUT2D eigenvalue weighted by atomic mass is 10.2. The van der Waals surface area contributed by atoms with E-state index in [-0.39, 0.29) is 11.9 Å². The Morgan fingerprint density at radius 2 is 1.96 bits per heavy atom. The second kappa shape index (κ2) is 6.84. The number of rotatable bonds is 5. The summed E-state index contributed by atoms with van der Waals surface area (Å²) in [5.41, 5.74) is 1.66. The molecule has 2 aromatic heterocycles. The molecule has 2 heterocycles. The third kappa shape index (κ3) is 3.30. The van der Waals surface area contributed by atoms with Crippen LogP contribution in [0.4, 0.5) is 0 Å². The zero-order valence-corrected chi connectivity index (χ0v) is 14.3. The van der Waals surface area contributed by atoms with Crippen molar-refractivity contribution >= 4 is 17.3 Å². The van der Waals surface area contributed by atoms with Crippen molar-refractivity contribution in [2.75, 3.05) is 7.11 Å². The van der Waals surface area contributed by atoms with Crippen LogP contribution in [0.1, 0.15) is 34.2 Å². The predicted molar refractivity (Wildman–Crippen MR) is 89.2 cm³/mol. The van der Waals surface area contributed by atoms with Gasteiger partial charge in [0, 0.05) is 5.56 Å². The van der Waals surface area contributed by atoms with Crippen LogP contribution in [0, 0.1) is 6.92 Å². The molecular formula is C17H16N2O4S. The smallest absolute Gasteiger partial charge is 0.349 e. The van der Waals surface area contributed by atoms with Gasteiger partial charge in [0.25, 0.3) is 5.89 Å². The number of carbonyl (C=O) groups excluding carboxylic acids is 1.